The van der Waals surface area contributed by atoms with E-state index in [1.54, 1.807) is 21.9 Å². The molecule has 0 bridgehead atoms. The maximum Gasteiger partial charge on any atom is 0.416 e. The third-order valence-electron chi connectivity index (χ3n) is 8.20. The van der Waals surface area contributed by atoms with E-state index in [2.05, 4.69) is 0 Å². The summed E-state index contributed by atoms with van der Waals surface area (Å²) in [6.45, 7) is 2.59. The summed E-state index contributed by atoms with van der Waals surface area (Å²) in [5.74, 6) is -1.78. The van der Waals surface area contributed by atoms with Crippen LogP contribution < -0.4 is 0 Å². The highest BCUT2D eigenvalue weighted by Crippen LogP contribution is 2.38. The van der Waals surface area contributed by atoms with Gasteiger partial charge in [0.1, 0.15) is 0 Å². The quantitative estimate of drug-likeness (QED) is 0.424. The highest BCUT2D eigenvalue weighted by Gasteiger charge is 2.41. The van der Waals surface area contributed by atoms with Crippen LogP contribution in [-0.2, 0) is 33.3 Å². The van der Waals surface area contributed by atoms with E-state index in [0.717, 1.165) is 10.5 Å². The normalized spacial score (nSPS) is 20.4. The zero-order chi connectivity index (χ0) is 30.8. The van der Waals surface area contributed by atoms with Gasteiger partial charge in [-0.05, 0) is 48.6 Å². The standard InChI is InChI=1S/C30H33F6N3O3/c1-19(40)38-11-8-22(9-12-38)27(41)39-13-10-25(26(18-39)21-6-4-3-5-7-21)28(42)37(2)17-20-14-23(29(31,32)33)16-24(15-20)30(34,35)36/h3-7,14-16,22,25-26H,8-13,17-18H2,1-2H3/t25-,26-/m0/s1. The summed E-state index contributed by atoms with van der Waals surface area (Å²) >= 11 is 0. The number of likely N-dealkylation sites (tertiary alicyclic amines) is 2. The zero-order valence-electron chi connectivity index (χ0n) is 23.3. The average Bonchev–Trinajstić information content (AvgIpc) is 2.95. The lowest BCUT2D eigenvalue weighted by Gasteiger charge is -2.41. The molecule has 2 aliphatic rings. The molecular formula is C30H33F6N3O3. The number of benzene rings is 2. The first kappa shape index (κ1) is 31.4. The largest absolute Gasteiger partial charge is 0.416 e. The molecule has 0 saturated carbocycles. The third kappa shape index (κ3) is 7.25. The predicted molar refractivity (Wildman–Crippen MR) is 142 cm³/mol. The predicted octanol–water partition coefficient (Wildman–Crippen LogP) is 5.57. The molecule has 2 aliphatic heterocycles. The first-order chi connectivity index (χ1) is 19.6. The van der Waals surface area contributed by atoms with Crippen LogP contribution in [0.3, 0.4) is 0 Å². The van der Waals surface area contributed by atoms with Crippen molar-refractivity contribution < 1.29 is 40.7 Å². The zero-order valence-corrected chi connectivity index (χ0v) is 23.3. The van der Waals surface area contributed by atoms with Crippen LogP contribution >= 0.6 is 0 Å². The number of nitrogens with zero attached hydrogens (tertiary/aromatic N) is 3. The second-order valence-corrected chi connectivity index (χ2v) is 11.1. The molecule has 228 valence electrons. The number of hydrogen-bond acceptors (Lipinski definition) is 3. The molecule has 0 aromatic heterocycles. The smallest absolute Gasteiger partial charge is 0.343 e. The Bertz CT molecular complexity index is 1260. The molecule has 0 radical (unpaired) electrons. The van der Waals surface area contributed by atoms with Crippen molar-refractivity contribution in [3.63, 3.8) is 0 Å². The van der Waals surface area contributed by atoms with Crippen molar-refractivity contribution in [2.75, 3.05) is 33.2 Å². The second kappa shape index (κ2) is 12.3. The van der Waals surface area contributed by atoms with Crippen molar-refractivity contribution in [1.82, 2.24) is 14.7 Å². The van der Waals surface area contributed by atoms with E-state index in [1.165, 1.54) is 14.0 Å². The maximum absolute atomic E-state index is 13.7. The summed E-state index contributed by atoms with van der Waals surface area (Å²) in [6.07, 6.45) is -8.59. The second-order valence-electron chi connectivity index (χ2n) is 11.1. The lowest BCUT2D eigenvalue weighted by atomic mass is 9.79. The number of rotatable bonds is 5. The Hall–Kier alpha value is -3.57. The number of carbonyl (C=O) groups excluding carboxylic acids is 3. The van der Waals surface area contributed by atoms with Gasteiger partial charge in [-0.2, -0.15) is 26.3 Å². The van der Waals surface area contributed by atoms with Gasteiger partial charge >= 0.3 is 12.4 Å². The monoisotopic (exact) mass is 597 g/mol. The van der Waals surface area contributed by atoms with Gasteiger partial charge in [0, 0.05) is 64.4 Å². The fourth-order valence-corrected chi connectivity index (χ4v) is 5.93. The average molecular weight is 598 g/mol. The summed E-state index contributed by atoms with van der Waals surface area (Å²) in [7, 11) is 1.36. The van der Waals surface area contributed by atoms with Crippen LogP contribution in [0, 0.1) is 11.8 Å². The molecule has 2 saturated heterocycles. The minimum atomic E-state index is -4.99. The Balaban J connectivity index is 1.52. The summed E-state index contributed by atoms with van der Waals surface area (Å²) in [6, 6.07) is 10.4. The molecule has 42 heavy (non-hydrogen) atoms. The van der Waals surface area contributed by atoms with Crippen LogP contribution in [0.2, 0.25) is 0 Å². The van der Waals surface area contributed by atoms with E-state index in [4.69, 9.17) is 0 Å². The first-order valence-corrected chi connectivity index (χ1v) is 13.8. The molecule has 2 aromatic carbocycles. The number of hydrogen-bond donors (Lipinski definition) is 0. The Morgan fingerprint density at radius 1 is 0.833 bits per heavy atom. The van der Waals surface area contributed by atoms with Crippen LogP contribution in [0.5, 0.6) is 0 Å². The molecule has 2 aromatic rings. The fourth-order valence-electron chi connectivity index (χ4n) is 5.93. The van der Waals surface area contributed by atoms with Gasteiger partial charge in [0.05, 0.1) is 11.1 Å². The van der Waals surface area contributed by atoms with Gasteiger partial charge < -0.3 is 14.7 Å². The van der Waals surface area contributed by atoms with E-state index < -0.39 is 47.8 Å². The number of amides is 3. The van der Waals surface area contributed by atoms with Crippen LogP contribution in [0.25, 0.3) is 0 Å². The van der Waals surface area contributed by atoms with E-state index in [-0.39, 0.29) is 42.3 Å². The molecule has 6 nitrogen and oxygen atoms in total. The van der Waals surface area contributed by atoms with Crippen LogP contribution in [0.15, 0.2) is 48.5 Å². The number of piperidine rings is 2. The lowest BCUT2D eigenvalue weighted by Crippen LogP contribution is -2.50. The molecule has 0 unspecified atom stereocenters. The Labute approximate surface area is 240 Å². The molecule has 0 N–H and O–H groups in total. The van der Waals surface area contributed by atoms with Gasteiger partial charge in [0.15, 0.2) is 0 Å². The third-order valence-corrected chi connectivity index (χ3v) is 8.20. The molecule has 0 spiro atoms. The molecule has 12 heteroatoms. The fraction of sp³-hybridized carbons (Fsp3) is 0.500. The topological polar surface area (TPSA) is 60.9 Å². The Morgan fingerprint density at radius 2 is 1.38 bits per heavy atom. The maximum atomic E-state index is 13.7. The molecule has 2 atom stereocenters. The SMILES string of the molecule is CC(=O)N1CCC(C(=O)N2CC[C@H](C(=O)N(C)Cc3cc(C(F)(F)F)cc(C(F)(F)F)c3)[C@H](c3ccccc3)C2)CC1. The van der Waals surface area contributed by atoms with Crippen molar-refractivity contribution in [3.05, 3.63) is 70.8 Å². The van der Waals surface area contributed by atoms with Gasteiger partial charge in [0.2, 0.25) is 17.7 Å². The van der Waals surface area contributed by atoms with Crippen molar-refractivity contribution in [2.45, 2.75) is 51.0 Å². The molecule has 2 fully saturated rings. The summed E-state index contributed by atoms with van der Waals surface area (Å²) in [5.41, 5.74) is -2.34. The number of carbonyl (C=O) groups is 3. The van der Waals surface area contributed by atoms with E-state index >= 15 is 0 Å². The molecule has 3 amide bonds. The lowest BCUT2D eigenvalue weighted by molar-refractivity contribution is -0.145. The molecule has 2 heterocycles. The van der Waals surface area contributed by atoms with Crippen molar-refractivity contribution >= 4 is 17.7 Å². The van der Waals surface area contributed by atoms with E-state index in [9.17, 15) is 40.7 Å². The number of alkyl halides is 6. The van der Waals surface area contributed by atoms with Gasteiger partial charge in [0.25, 0.3) is 0 Å². The van der Waals surface area contributed by atoms with E-state index in [1.807, 2.05) is 18.2 Å². The Morgan fingerprint density at radius 3 is 1.90 bits per heavy atom. The van der Waals surface area contributed by atoms with Crippen LogP contribution in [0.4, 0.5) is 26.3 Å². The van der Waals surface area contributed by atoms with Crippen molar-refractivity contribution in [1.29, 1.82) is 0 Å². The van der Waals surface area contributed by atoms with Gasteiger partial charge in [-0.1, -0.05) is 30.3 Å². The van der Waals surface area contributed by atoms with Crippen LogP contribution in [0.1, 0.15) is 54.4 Å². The van der Waals surface area contributed by atoms with Gasteiger partial charge in [-0.3, -0.25) is 14.4 Å². The molecular weight excluding hydrogens is 564 g/mol. The Kier molecular flexibility index (Phi) is 9.22. The number of halogens is 6. The minimum Gasteiger partial charge on any atom is -0.343 e. The van der Waals surface area contributed by atoms with Crippen molar-refractivity contribution in [2.24, 2.45) is 11.8 Å². The highest BCUT2D eigenvalue weighted by atomic mass is 19.4. The highest BCUT2D eigenvalue weighted by molar-refractivity contribution is 5.82. The van der Waals surface area contributed by atoms with Crippen LogP contribution in [-0.4, -0.2) is 65.6 Å². The summed E-state index contributed by atoms with van der Waals surface area (Å²) in [4.78, 5) is 43.4. The minimum absolute atomic E-state index is 0.0340. The summed E-state index contributed by atoms with van der Waals surface area (Å²) < 4.78 is 80.1. The first-order valence-electron chi connectivity index (χ1n) is 13.8. The van der Waals surface area contributed by atoms with Gasteiger partial charge in [-0.15, -0.1) is 0 Å². The molecule has 0 aliphatic carbocycles. The van der Waals surface area contributed by atoms with Gasteiger partial charge in [-0.25, -0.2) is 0 Å². The summed E-state index contributed by atoms with van der Waals surface area (Å²) in [5, 5.41) is 0. The van der Waals surface area contributed by atoms with Crippen molar-refractivity contribution in [3.8, 4) is 0 Å². The van der Waals surface area contributed by atoms with E-state index in [0.29, 0.717) is 44.6 Å². The molecule has 4 rings (SSSR count).